The molecule has 135 valence electrons. The molecule has 0 saturated heterocycles. The molecule has 2 nitrogen and oxygen atoms in total. The summed E-state index contributed by atoms with van der Waals surface area (Å²) in [6.07, 6.45) is 4.39. The van der Waals surface area contributed by atoms with Crippen LogP contribution in [0.4, 0.5) is 0 Å². The van der Waals surface area contributed by atoms with Crippen LogP contribution in [0.2, 0.25) is 18.6 Å². The van der Waals surface area contributed by atoms with E-state index in [1.165, 1.54) is 28.7 Å². The first kappa shape index (κ1) is 26.9. The standard InChI is InChI=1S/C18H31NOSi.2ClH.Zr/c1-11-12(2)14(4)16(13(11)3)18(17(19)20)10-8-7-9-15(18)21(5)6;;;/h13,15,21H,7-10H2,1-6H3,(H2,19,20);2*1H;/q;;;+3/p-3. The van der Waals surface area contributed by atoms with E-state index in [0.29, 0.717) is 11.5 Å². The number of halogens is 2. The summed E-state index contributed by atoms with van der Waals surface area (Å²) in [5, 5.41) is 0. The van der Waals surface area contributed by atoms with E-state index < -0.39 is 14.2 Å². The summed E-state index contributed by atoms with van der Waals surface area (Å²) in [4.78, 5) is 12.6. The first-order valence-electron chi connectivity index (χ1n) is 8.40. The van der Waals surface area contributed by atoms with Crippen molar-refractivity contribution < 1.29 is 55.8 Å². The van der Waals surface area contributed by atoms with Crippen LogP contribution < -0.4 is 24.8 Å². The molecule has 1 fully saturated rings. The summed E-state index contributed by atoms with van der Waals surface area (Å²) in [6, 6.07) is 0. The fourth-order valence-electron chi connectivity index (χ4n) is 4.93. The van der Waals surface area contributed by atoms with Crippen molar-refractivity contribution in [2.24, 2.45) is 11.3 Å². The molecule has 3 unspecified atom stereocenters. The van der Waals surface area contributed by atoms with Crippen LogP contribution in [0.15, 0.2) is 22.3 Å². The molecule has 1 N–H and O–H groups in total. The molecule has 0 aromatic carbocycles. The van der Waals surface area contributed by atoms with Gasteiger partial charge in [0.05, 0.1) is 5.91 Å². The molecule has 6 heteroatoms. The van der Waals surface area contributed by atoms with E-state index in [-0.39, 0.29) is 56.9 Å². The van der Waals surface area contributed by atoms with Gasteiger partial charge in [-0.25, -0.2) is 0 Å². The molecule has 0 aromatic rings. The molecule has 3 atom stereocenters. The Hall–Kier alpha value is 0.630. The predicted molar refractivity (Wildman–Crippen MR) is 93.1 cm³/mol. The van der Waals surface area contributed by atoms with Crippen molar-refractivity contribution in [2.45, 2.75) is 72.0 Å². The molecule has 0 heterocycles. The topological polar surface area (TPSA) is 40.9 Å². The Labute approximate surface area is 181 Å². The summed E-state index contributed by atoms with van der Waals surface area (Å²) in [5.74, 6) is 0.0322. The molecule has 1 radical (unpaired) electrons. The minimum absolute atomic E-state index is 0. The van der Waals surface area contributed by atoms with E-state index in [0.717, 1.165) is 19.3 Å². The Morgan fingerprint density at radius 3 is 2.04 bits per heavy atom. The molecular weight excluding hydrogens is 436 g/mol. The number of carbonyl (C=O) groups is 1. The van der Waals surface area contributed by atoms with Gasteiger partial charge in [-0.2, -0.15) is 0 Å². The van der Waals surface area contributed by atoms with Gasteiger partial charge in [0.15, 0.2) is 0 Å². The van der Waals surface area contributed by atoms with E-state index in [4.69, 9.17) is 5.73 Å². The first-order chi connectivity index (χ1) is 9.75. The van der Waals surface area contributed by atoms with Gasteiger partial charge in [0.1, 0.15) is 0 Å². The molecule has 1 saturated carbocycles. The summed E-state index contributed by atoms with van der Waals surface area (Å²) < 4.78 is 0. The average Bonchev–Trinajstić information content (AvgIpc) is 2.63. The van der Waals surface area contributed by atoms with Crippen molar-refractivity contribution in [3.8, 4) is 0 Å². The summed E-state index contributed by atoms with van der Waals surface area (Å²) in [6.45, 7) is 13.5. The van der Waals surface area contributed by atoms with Crippen LogP contribution in [0.1, 0.15) is 53.4 Å². The van der Waals surface area contributed by atoms with Crippen LogP contribution >= 0.6 is 0 Å². The van der Waals surface area contributed by atoms with Crippen LogP contribution in [0.25, 0.3) is 5.73 Å². The normalized spacial score (nSPS) is 29.8. The van der Waals surface area contributed by atoms with Crippen molar-refractivity contribution >= 4 is 14.7 Å². The Kier molecular flexibility index (Phi) is 11.3. The fraction of sp³-hybridized carbons (Fsp3) is 0.722. The molecule has 2 aliphatic rings. The minimum Gasteiger partial charge on any atom is -1.00 e. The second-order valence-corrected chi connectivity index (χ2v) is 10.8. The molecule has 0 spiro atoms. The van der Waals surface area contributed by atoms with Crippen LogP contribution in [-0.4, -0.2) is 14.7 Å². The Bertz CT molecular complexity index is 533. The quantitative estimate of drug-likeness (QED) is 0.507. The van der Waals surface area contributed by atoms with E-state index in [1.807, 2.05) is 0 Å². The van der Waals surface area contributed by atoms with E-state index >= 15 is 0 Å². The number of hydrogen-bond donors (Lipinski definition) is 0. The molecule has 1 amide bonds. The molecule has 24 heavy (non-hydrogen) atoms. The SMILES string of the molecule is CC1=C(C)C(C)C(C2(C([NH-])=O)CCCCC2[SiH](C)C)=C1C.[Cl-].[Cl-].[Zr+3]. The minimum atomic E-state index is -0.978. The Morgan fingerprint density at radius 1 is 1.12 bits per heavy atom. The van der Waals surface area contributed by atoms with Crippen molar-refractivity contribution in [1.82, 2.24) is 0 Å². The second-order valence-electron chi connectivity index (χ2n) is 7.47. The van der Waals surface area contributed by atoms with Crippen LogP contribution in [-0.2, 0) is 31.0 Å². The third-order valence-electron chi connectivity index (χ3n) is 6.30. The van der Waals surface area contributed by atoms with Crippen LogP contribution in [0.5, 0.6) is 0 Å². The largest absolute Gasteiger partial charge is 3.00 e. The van der Waals surface area contributed by atoms with Gasteiger partial charge in [-0.15, -0.1) is 0 Å². The zero-order valence-corrected chi connectivity index (χ0v) is 20.8. The van der Waals surface area contributed by atoms with Gasteiger partial charge in [-0.3, -0.25) is 0 Å². The Balaban J connectivity index is 0. The molecule has 2 aliphatic carbocycles. The average molecular weight is 467 g/mol. The van der Waals surface area contributed by atoms with Gasteiger partial charge in [-0.1, -0.05) is 44.9 Å². The number of allylic oxidation sites excluding steroid dienone is 3. The molecule has 0 aliphatic heterocycles. The van der Waals surface area contributed by atoms with Crippen molar-refractivity contribution in [3.05, 3.63) is 28.0 Å². The zero-order valence-electron chi connectivity index (χ0n) is 15.7. The van der Waals surface area contributed by atoms with Crippen molar-refractivity contribution in [3.63, 3.8) is 0 Å². The van der Waals surface area contributed by atoms with Crippen molar-refractivity contribution in [2.75, 3.05) is 0 Å². The molecular formula is C18H30Cl2NOSiZr. The van der Waals surface area contributed by atoms with Gasteiger partial charge in [0.25, 0.3) is 0 Å². The maximum absolute atomic E-state index is 12.6. The zero-order chi connectivity index (χ0) is 15.9. The predicted octanol–water partition coefficient (Wildman–Crippen LogP) is -0.709. The second kappa shape index (κ2) is 10.1. The summed E-state index contributed by atoms with van der Waals surface area (Å²) in [5.41, 5.74) is 13.5. The maximum Gasteiger partial charge on any atom is 3.00 e. The van der Waals surface area contributed by atoms with E-state index in [9.17, 15) is 4.79 Å². The molecule has 0 aromatic heterocycles. The van der Waals surface area contributed by atoms with Crippen LogP contribution in [0, 0.1) is 11.3 Å². The third kappa shape index (κ3) is 4.13. The van der Waals surface area contributed by atoms with Crippen molar-refractivity contribution in [1.29, 1.82) is 0 Å². The van der Waals surface area contributed by atoms with Crippen LogP contribution in [0.3, 0.4) is 0 Å². The van der Waals surface area contributed by atoms with Gasteiger partial charge >= 0.3 is 26.2 Å². The van der Waals surface area contributed by atoms with Gasteiger partial charge in [0.2, 0.25) is 0 Å². The summed E-state index contributed by atoms with van der Waals surface area (Å²) in [7, 11) is -0.978. The smallest absolute Gasteiger partial charge is 1.00 e. The van der Waals surface area contributed by atoms with Gasteiger partial charge in [-0.05, 0) is 55.4 Å². The first-order valence-corrected chi connectivity index (χ1v) is 11.4. The number of hydrogen-bond acceptors (Lipinski definition) is 1. The fourth-order valence-corrected chi connectivity index (χ4v) is 7.46. The number of nitrogens with one attached hydrogen (secondary N) is 1. The Morgan fingerprint density at radius 2 is 1.67 bits per heavy atom. The number of amides is 1. The van der Waals surface area contributed by atoms with Gasteiger partial charge in [0, 0.05) is 14.2 Å². The molecule has 0 bridgehead atoms. The number of rotatable bonds is 3. The van der Waals surface area contributed by atoms with E-state index in [1.54, 1.807) is 0 Å². The summed E-state index contributed by atoms with van der Waals surface area (Å²) >= 11 is 0. The number of carbonyl (C=O) groups excluding carboxylic acids is 1. The van der Waals surface area contributed by atoms with E-state index in [2.05, 4.69) is 40.8 Å². The maximum atomic E-state index is 12.6. The third-order valence-corrected chi connectivity index (χ3v) is 8.81. The molecule has 2 rings (SSSR count). The monoisotopic (exact) mass is 464 g/mol. The van der Waals surface area contributed by atoms with Gasteiger partial charge < -0.3 is 35.3 Å².